The Bertz CT molecular complexity index is 371. The Hall–Kier alpha value is -1.17. The zero-order valence-electron chi connectivity index (χ0n) is 12.2. The number of aliphatic carboxylic acids is 1. The van der Waals surface area contributed by atoms with Gasteiger partial charge in [-0.2, -0.15) is 11.8 Å². The Kier molecular flexibility index (Phi) is 6.39. The second-order valence-corrected chi connectivity index (χ2v) is 6.77. The van der Waals surface area contributed by atoms with Crippen molar-refractivity contribution in [3.63, 3.8) is 0 Å². The maximum atomic E-state index is 12.2. The Labute approximate surface area is 124 Å². The molecule has 2 amide bonds. The average molecular weight is 300 g/mol. The van der Waals surface area contributed by atoms with E-state index in [4.69, 9.17) is 0 Å². The minimum Gasteiger partial charge on any atom is -0.480 e. The number of rotatable bonds is 6. The second kappa shape index (κ2) is 7.57. The summed E-state index contributed by atoms with van der Waals surface area (Å²) in [5.41, 5.74) is -0.390. The zero-order valence-corrected chi connectivity index (χ0v) is 13.0. The molecule has 6 heteroatoms. The first-order valence-electron chi connectivity index (χ1n) is 6.86. The lowest BCUT2D eigenvalue weighted by atomic mass is 9.76. The Morgan fingerprint density at radius 3 is 2.85 bits per heavy atom. The highest BCUT2D eigenvalue weighted by atomic mass is 32.2. The van der Waals surface area contributed by atoms with Gasteiger partial charge in [0.1, 0.15) is 6.04 Å². The smallest absolute Gasteiger partial charge is 0.327 e. The number of carboxylic acid groups (broad SMARTS) is 1. The molecule has 1 fully saturated rings. The van der Waals surface area contributed by atoms with Crippen molar-refractivity contribution < 1.29 is 14.7 Å². The monoisotopic (exact) mass is 300 g/mol. The SMILES string of the molecule is C=CCSCCNC(=O)N1CCCC(C)(C)C1C(=O)O. The molecule has 1 rings (SSSR count). The molecule has 1 unspecified atom stereocenters. The van der Waals surface area contributed by atoms with Gasteiger partial charge in [-0.25, -0.2) is 9.59 Å². The van der Waals surface area contributed by atoms with Crippen molar-refractivity contribution in [1.29, 1.82) is 0 Å². The lowest BCUT2D eigenvalue weighted by Gasteiger charge is -2.43. The molecular formula is C14H24N2O3S. The number of likely N-dealkylation sites (tertiary alicyclic amines) is 1. The molecule has 0 aromatic carbocycles. The molecule has 1 atom stereocenters. The summed E-state index contributed by atoms with van der Waals surface area (Å²) in [4.78, 5) is 25.1. The fourth-order valence-electron chi connectivity index (χ4n) is 2.58. The van der Waals surface area contributed by atoms with Crippen LogP contribution in [-0.2, 0) is 4.79 Å². The molecule has 5 nitrogen and oxygen atoms in total. The Morgan fingerprint density at radius 1 is 1.55 bits per heavy atom. The average Bonchev–Trinajstić information content (AvgIpc) is 2.36. The normalized spacial score (nSPS) is 21.3. The van der Waals surface area contributed by atoms with Crippen molar-refractivity contribution in [2.75, 3.05) is 24.6 Å². The quantitative estimate of drug-likeness (QED) is 0.583. The molecule has 0 spiro atoms. The number of carbonyl (C=O) groups excluding carboxylic acids is 1. The van der Waals surface area contributed by atoms with Gasteiger partial charge in [0.15, 0.2) is 0 Å². The van der Waals surface area contributed by atoms with Crippen LogP contribution in [0, 0.1) is 5.41 Å². The van der Waals surface area contributed by atoms with Crippen molar-refractivity contribution in [3.05, 3.63) is 12.7 Å². The molecule has 1 aliphatic rings. The van der Waals surface area contributed by atoms with Gasteiger partial charge in [-0.05, 0) is 18.3 Å². The van der Waals surface area contributed by atoms with Crippen LogP contribution in [0.3, 0.4) is 0 Å². The number of carboxylic acids is 1. The highest BCUT2D eigenvalue weighted by Crippen LogP contribution is 2.35. The topological polar surface area (TPSA) is 69.6 Å². The van der Waals surface area contributed by atoms with Crippen molar-refractivity contribution in [2.45, 2.75) is 32.7 Å². The van der Waals surface area contributed by atoms with E-state index < -0.39 is 12.0 Å². The van der Waals surface area contributed by atoms with Crippen molar-refractivity contribution >= 4 is 23.8 Å². The van der Waals surface area contributed by atoms with Gasteiger partial charge in [-0.3, -0.25) is 0 Å². The van der Waals surface area contributed by atoms with Crippen LogP contribution >= 0.6 is 11.8 Å². The molecule has 114 valence electrons. The molecule has 20 heavy (non-hydrogen) atoms. The van der Waals surface area contributed by atoms with E-state index in [9.17, 15) is 14.7 Å². The third-order valence-corrected chi connectivity index (χ3v) is 4.49. The van der Waals surface area contributed by atoms with Crippen LogP contribution in [0.2, 0.25) is 0 Å². The van der Waals surface area contributed by atoms with E-state index in [1.165, 1.54) is 4.90 Å². The molecule has 1 heterocycles. The minimum atomic E-state index is -0.925. The van der Waals surface area contributed by atoms with E-state index in [0.717, 1.165) is 24.3 Å². The van der Waals surface area contributed by atoms with Crippen molar-refractivity contribution in [3.8, 4) is 0 Å². The minimum absolute atomic E-state index is 0.274. The fourth-order valence-corrected chi connectivity index (χ4v) is 3.16. The van der Waals surface area contributed by atoms with E-state index in [1.807, 2.05) is 19.9 Å². The number of nitrogens with one attached hydrogen (secondary N) is 1. The van der Waals surface area contributed by atoms with Gasteiger partial charge in [0, 0.05) is 24.6 Å². The first-order valence-corrected chi connectivity index (χ1v) is 8.01. The van der Waals surface area contributed by atoms with Crippen LogP contribution in [0.15, 0.2) is 12.7 Å². The van der Waals surface area contributed by atoms with Crippen LogP contribution in [-0.4, -0.2) is 52.6 Å². The number of thioether (sulfide) groups is 1. The molecule has 2 N–H and O–H groups in total. The van der Waals surface area contributed by atoms with Gasteiger partial charge < -0.3 is 15.3 Å². The van der Waals surface area contributed by atoms with Gasteiger partial charge in [-0.15, -0.1) is 6.58 Å². The summed E-state index contributed by atoms with van der Waals surface area (Å²) >= 11 is 1.68. The van der Waals surface area contributed by atoms with E-state index in [-0.39, 0.29) is 11.4 Å². The highest BCUT2D eigenvalue weighted by molar-refractivity contribution is 7.99. The van der Waals surface area contributed by atoms with E-state index in [0.29, 0.717) is 13.1 Å². The van der Waals surface area contributed by atoms with E-state index >= 15 is 0 Å². The summed E-state index contributed by atoms with van der Waals surface area (Å²) in [6.07, 6.45) is 3.48. The molecule has 0 aliphatic carbocycles. The van der Waals surface area contributed by atoms with E-state index in [1.54, 1.807) is 11.8 Å². The molecule has 0 aromatic heterocycles. The lowest BCUT2D eigenvalue weighted by molar-refractivity contribution is -0.148. The van der Waals surface area contributed by atoms with Crippen LogP contribution in [0.5, 0.6) is 0 Å². The first-order chi connectivity index (χ1) is 9.40. The predicted octanol–water partition coefficient (Wildman–Crippen LogP) is 2.19. The molecule has 0 aromatic rings. The van der Waals surface area contributed by atoms with Gasteiger partial charge in [0.2, 0.25) is 0 Å². The van der Waals surface area contributed by atoms with E-state index in [2.05, 4.69) is 11.9 Å². The summed E-state index contributed by atoms with van der Waals surface area (Å²) in [6.45, 7) is 8.49. The maximum absolute atomic E-state index is 12.2. The molecular weight excluding hydrogens is 276 g/mol. The third kappa shape index (κ3) is 4.44. The first kappa shape index (κ1) is 16.9. The molecule has 1 aliphatic heterocycles. The summed E-state index contributed by atoms with van der Waals surface area (Å²) in [7, 11) is 0. The predicted molar refractivity (Wildman–Crippen MR) is 82.1 cm³/mol. The van der Waals surface area contributed by atoms with Crippen LogP contribution < -0.4 is 5.32 Å². The fraction of sp³-hybridized carbons (Fsp3) is 0.714. The largest absolute Gasteiger partial charge is 0.480 e. The number of carbonyl (C=O) groups is 2. The molecule has 0 radical (unpaired) electrons. The second-order valence-electron chi connectivity index (χ2n) is 5.62. The summed E-state index contributed by atoms with van der Waals surface area (Å²) in [6, 6.07) is -1.03. The van der Waals surface area contributed by atoms with Gasteiger partial charge in [-0.1, -0.05) is 19.9 Å². The standard InChI is InChI=1S/C14H24N2O3S/c1-4-9-20-10-7-15-13(19)16-8-5-6-14(2,3)11(16)12(17)18/h4,11H,1,5-10H2,2-3H3,(H,15,19)(H,17,18). The van der Waals surface area contributed by atoms with Crippen LogP contribution in [0.25, 0.3) is 0 Å². The van der Waals surface area contributed by atoms with Gasteiger partial charge in [0.25, 0.3) is 0 Å². The van der Waals surface area contributed by atoms with Crippen molar-refractivity contribution in [2.24, 2.45) is 5.41 Å². The van der Waals surface area contributed by atoms with Crippen molar-refractivity contribution in [1.82, 2.24) is 10.2 Å². The summed E-state index contributed by atoms with van der Waals surface area (Å²) in [5, 5.41) is 12.2. The maximum Gasteiger partial charge on any atom is 0.327 e. The van der Waals surface area contributed by atoms with Crippen LogP contribution in [0.1, 0.15) is 26.7 Å². The summed E-state index contributed by atoms with van der Waals surface area (Å²) in [5.74, 6) is 0.725. The summed E-state index contributed by atoms with van der Waals surface area (Å²) < 4.78 is 0. The third-order valence-electron chi connectivity index (χ3n) is 3.53. The van der Waals surface area contributed by atoms with Gasteiger partial charge >= 0.3 is 12.0 Å². The van der Waals surface area contributed by atoms with Gasteiger partial charge in [0.05, 0.1) is 0 Å². The number of nitrogens with zero attached hydrogens (tertiary/aromatic N) is 1. The number of urea groups is 1. The number of hydrogen-bond donors (Lipinski definition) is 2. The Morgan fingerprint density at radius 2 is 2.25 bits per heavy atom. The highest BCUT2D eigenvalue weighted by Gasteiger charge is 2.44. The lowest BCUT2D eigenvalue weighted by Crippen LogP contribution is -2.58. The number of piperidine rings is 1. The molecule has 0 bridgehead atoms. The number of hydrogen-bond acceptors (Lipinski definition) is 3. The number of amides is 2. The van der Waals surface area contributed by atoms with Crippen LogP contribution in [0.4, 0.5) is 4.79 Å². The molecule has 0 saturated carbocycles. The zero-order chi connectivity index (χ0) is 15.2. The molecule has 1 saturated heterocycles. The Balaban J connectivity index is 2.56.